The van der Waals surface area contributed by atoms with Crippen molar-refractivity contribution in [1.82, 2.24) is 4.98 Å². The van der Waals surface area contributed by atoms with Gasteiger partial charge in [-0.15, -0.1) is 0 Å². The Morgan fingerprint density at radius 2 is 2.05 bits per heavy atom. The van der Waals surface area contributed by atoms with Crippen molar-refractivity contribution in [3.63, 3.8) is 0 Å². The minimum Gasteiger partial charge on any atom is -0.493 e. The van der Waals surface area contributed by atoms with E-state index >= 15 is 0 Å². The first-order valence-electron chi connectivity index (χ1n) is 7.47. The van der Waals surface area contributed by atoms with Crippen LogP contribution in [0.4, 0.5) is 0 Å². The van der Waals surface area contributed by atoms with E-state index in [0.717, 1.165) is 37.3 Å². The van der Waals surface area contributed by atoms with E-state index in [9.17, 15) is 4.79 Å². The Morgan fingerprint density at radius 3 is 2.90 bits per heavy atom. The lowest BCUT2D eigenvalue weighted by molar-refractivity contribution is -0.119. The second kappa shape index (κ2) is 6.53. The third-order valence-electron chi connectivity index (χ3n) is 3.83. The summed E-state index contributed by atoms with van der Waals surface area (Å²) in [7, 11) is 0. The van der Waals surface area contributed by atoms with E-state index in [-0.39, 0.29) is 0 Å². The van der Waals surface area contributed by atoms with E-state index in [1.54, 1.807) is 6.20 Å². The number of ketones is 1. The summed E-state index contributed by atoms with van der Waals surface area (Å²) in [5.74, 6) is 1.30. The van der Waals surface area contributed by atoms with Gasteiger partial charge < -0.3 is 4.74 Å². The second-order valence-electron chi connectivity index (χ2n) is 5.40. The van der Waals surface area contributed by atoms with Crippen molar-refractivity contribution in [2.24, 2.45) is 0 Å². The topological polar surface area (TPSA) is 39.2 Å². The molecule has 3 rings (SSSR count). The van der Waals surface area contributed by atoms with Crippen molar-refractivity contribution in [1.29, 1.82) is 0 Å². The number of rotatable bonds is 6. The molecule has 21 heavy (non-hydrogen) atoms. The quantitative estimate of drug-likeness (QED) is 0.816. The molecule has 0 bridgehead atoms. The smallest absolute Gasteiger partial charge is 0.133 e. The van der Waals surface area contributed by atoms with Crippen LogP contribution in [0.25, 0.3) is 0 Å². The van der Waals surface area contributed by atoms with Crippen LogP contribution in [0.2, 0.25) is 0 Å². The van der Waals surface area contributed by atoms with Crippen LogP contribution in [-0.4, -0.2) is 17.4 Å². The van der Waals surface area contributed by atoms with Gasteiger partial charge in [0.25, 0.3) is 0 Å². The number of carbonyl (C=O) groups excluding carboxylic acids is 1. The highest BCUT2D eigenvalue weighted by Gasteiger charge is 2.12. The molecule has 0 saturated heterocycles. The molecule has 1 aromatic heterocycles. The van der Waals surface area contributed by atoms with E-state index in [1.807, 2.05) is 24.3 Å². The van der Waals surface area contributed by atoms with Gasteiger partial charge in [0.2, 0.25) is 0 Å². The molecule has 1 aromatic carbocycles. The molecule has 2 heterocycles. The van der Waals surface area contributed by atoms with E-state index in [0.29, 0.717) is 18.6 Å². The molecule has 0 aliphatic carbocycles. The second-order valence-corrected chi connectivity index (χ2v) is 5.40. The Bertz CT molecular complexity index is 622. The molecule has 0 amide bonds. The summed E-state index contributed by atoms with van der Waals surface area (Å²) in [5, 5.41) is 0. The lowest BCUT2D eigenvalue weighted by Crippen LogP contribution is -2.03. The molecular formula is C18H19NO2. The summed E-state index contributed by atoms with van der Waals surface area (Å²) in [5.41, 5.74) is 3.49. The van der Waals surface area contributed by atoms with Gasteiger partial charge in [-0.1, -0.05) is 18.2 Å². The van der Waals surface area contributed by atoms with Gasteiger partial charge in [0.15, 0.2) is 0 Å². The predicted octanol–water partition coefficient (Wildman–Crippen LogP) is 3.15. The normalized spacial score (nSPS) is 12.8. The number of Topliss-reactive ketones (excluding diaryl/α,β-unsaturated/α-hetero) is 1. The van der Waals surface area contributed by atoms with Gasteiger partial charge in [-0.2, -0.15) is 0 Å². The molecule has 0 fully saturated rings. The lowest BCUT2D eigenvalue weighted by Gasteiger charge is -2.04. The number of ether oxygens (including phenoxy) is 1. The molecule has 0 atom stereocenters. The summed E-state index contributed by atoms with van der Waals surface area (Å²) >= 11 is 0. The van der Waals surface area contributed by atoms with Crippen LogP contribution < -0.4 is 4.74 Å². The van der Waals surface area contributed by atoms with Crippen LogP contribution >= 0.6 is 0 Å². The molecule has 0 unspecified atom stereocenters. The van der Waals surface area contributed by atoms with Crippen LogP contribution in [0.15, 0.2) is 42.6 Å². The highest BCUT2D eigenvalue weighted by Crippen LogP contribution is 2.26. The number of aryl methyl sites for hydroxylation is 2. The Kier molecular flexibility index (Phi) is 4.29. The summed E-state index contributed by atoms with van der Waals surface area (Å²) in [6, 6.07) is 12.1. The van der Waals surface area contributed by atoms with Crippen molar-refractivity contribution < 1.29 is 9.53 Å². The lowest BCUT2D eigenvalue weighted by atomic mass is 10.0. The molecule has 0 saturated carbocycles. The standard InChI is InChI=1S/C18H19NO2/c20-17(8-6-16-3-1-2-11-19-16)7-4-14-5-9-18-15(13-14)10-12-21-18/h1-3,5,9,11,13H,4,6-8,10,12H2. The van der Waals surface area contributed by atoms with Gasteiger partial charge in [-0.05, 0) is 42.2 Å². The van der Waals surface area contributed by atoms with Crippen LogP contribution in [0.3, 0.4) is 0 Å². The molecule has 0 radical (unpaired) electrons. The molecule has 0 spiro atoms. The van der Waals surface area contributed by atoms with Gasteiger partial charge in [0.1, 0.15) is 11.5 Å². The summed E-state index contributed by atoms with van der Waals surface area (Å²) in [4.78, 5) is 16.2. The van der Waals surface area contributed by atoms with E-state index in [1.165, 1.54) is 11.1 Å². The van der Waals surface area contributed by atoms with E-state index < -0.39 is 0 Å². The maximum Gasteiger partial charge on any atom is 0.133 e. The van der Waals surface area contributed by atoms with Gasteiger partial charge in [0.05, 0.1) is 6.61 Å². The van der Waals surface area contributed by atoms with Crippen LogP contribution in [0.1, 0.15) is 29.7 Å². The number of hydrogen-bond acceptors (Lipinski definition) is 3. The molecule has 1 aliphatic heterocycles. The van der Waals surface area contributed by atoms with Crippen LogP contribution in [0.5, 0.6) is 5.75 Å². The molecule has 3 heteroatoms. The van der Waals surface area contributed by atoms with Gasteiger partial charge >= 0.3 is 0 Å². The zero-order valence-electron chi connectivity index (χ0n) is 12.0. The number of nitrogens with zero attached hydrogens (tertiary/aromatic N) is 1. The zero-order valence-corrected chi connectivity index (χ0v) is 12.0. The summed E-state index contributed by atoms with van der Waals surface area (Å²) in [6.07, 6.45) is 5.48. The van der Waals surface area contributed by atoms with Crippen molar-refractivity contribution >= 4 is 5.78 Å². The zero-order chi connectivity index (χ0) is 14.5. The van der Waals surface area contributed by atoms with Crippen molar-refractivity contribution in [2.45, 2.75) is 32.1 Å². The minimum atomic E-state index is 0.303. The number of pyridine rings is 1. The molecule has 1 aliphatic rings. The first-order valence-corrected chi connectivity index (χ1v) is 7.47. The Hall–Kier alpha value is -2.16. The third-order valence-corrected chi connectivity index (χ3v) is 3.83. The maximum absolute atomic E-state index is 12.0. The van der Waals surface area contributed by atoms with Crippen molar-refractivity contribution in [2.75, 3.05) is 6.61 Å². The van der Waals surface area contributed by atoms with Crippen LogP contribution in [0, 0.1) is 0 Å². The molecular weight excluding hydrogens is 262 g/mol. The molecule has 2 aromatic rings. The average Bonchev–Trinajstić information content (AvgIpc) is 2.99. The maximum atomic E-state index is 12.0. The highest BCUT2D eigenvalue weighted by atomic mass is 16.5. The average molecular weight is 281 g/mol. The number of carbonyl (C=O) groups is 1. The van der Waals surface area contributed by atoms with Gasteiger partial charge in [-0.3, -0.25) is 9.78 Å². The first-order chi connectivity index (χ1) is 10.3. The van der Waals surface area contributed by atoms with Crippen LogP contribution in [-0.2, 0) is 24.1 Å². The minimum absolute atomic E-state index is 0.303. The molecule has 0 N–H and O–H groups in total. The molecule has 108 valence electrons. The van der Waals surface area contributed by atoms with Crippen molar-refractivity contribution in [3.05, 3.63) is 59.4 Å². The number of fused-ring (bicyclic) bond motifs is 1. The number of benzene rings is 1. The molecule has 3 nitrogen and oxygen atoms in total. The van der Waals surface area contributed by atoms with E-state index in [2.05, 4.69) is 17.1 Å². The summed E-state index contributed by atoms with van der Waals surface area (Å²) < 4.78 is 5.49. The fraction of sp³-hybridized carbons (Fsp3) is 0.333. The van der Waals surface area contributed by atoms with Gasteiger partial charge in [-0.25, -0.2) is 0 Å². The number of aromatic nitrogens is 1. The third kappa shape index (κ3) is 3.69. The SMILES string of the molecule is O=C(CCc1ccc2c(c1)CCO2)CCc1ccccn1. The Morgan fingerprint density at radius 1 is 1.14 bits per heavy atom. The number of hydrogen-bond donors (Lipinski definition) is 0. The van der Waals surface area contributed by atoms with Crippen molar-refractivity contribution in [3.8, 4) is 5.75 Å². The monoisotopic (exact) mass is 281 g/mol. The van der Waals surface area contributed by atoms with Gasteiger partial charge in [0, 0.05) is 31.2 Å². The largest absolute Gasteiger partial charge is 0.493 e. The predicted molar refractivity (Wildman–Crippen MR) is 81.5 cm³/mol. The fourth-order valence-corrected chi connectivity index (χ4v) is 2.62. The van der Waals surface area contributed by atoms with E-state index in [4.69, 9.17) is 4.74 Å². The Labute approximate surface area is 125 Å². The highest BCUT2D eigenvalue weighted by molar-refractivity contribution is 5.78. The summed E-state index contributed by atoms with van der Waals surface area (Å²) in [6.45, 7) is 0.780. The first kappa shape index (κ1) is 13.8. The fourth-order valence-electron chi connectivity index (χ4n) is 2.62. The Balaban J connectivity index is 1.47.